The molecule has 4 rings (SSSR count). The minimum absolute atomic E-state index is 0.0284. The number of hydrogen-bond donors (Lipinski definition) is 2. The molecule has 28 heavy (non-hydrogen) atoms. The van der Waals surface area contributed by atoms with Crippen molar-refractivity contribution in [1.82, 2.24) is 15.8 Å². The average Bonchev–Trinajstić information content (AvgIpc) is 3.22. The first kappa shape index (κ1) is 18.4. The molecule has 2 unspecified atom stereocenters. The summed E-state index contributed by atoms with van der Waals surface area (Å²) >= 11 is 0. The topological polar surface area (TPSA) is 86.6 Å². The molecule has 0 aliphatic carbocycles. The lowest BCUT2D eigenvalue weighted by atomic mass is 10.00. The maximum Gasteiger partial charge on any atom is 0.254 e. The second-order valence-corrected chi connectivity index (χ2v) is 6.83. The van der Waals surface area contributed by atoms with Crippen molar-refractivity contribution in [2.75, 3.05) is 32.8 Å². The van der Waals surface area contributed by atoms with Gasteiger partial charge in [-0.2, -0.15) is 5.26 Å². The fraction of sp³-hybridized carbons (Fsp3) is 0.333. The molecule has 2 atom stereocenters. The number of nitriles is 1. The number of benzene rings is 2. The van der Waals surface area contributed by atoms with Crippen molar-refractivity contribution in [2.24, 2.45) is 0 Å². The van der Waals surface area contributed by atoms with Crippen LogP contribution in [0, 0.1) is 11.3 Å². The summed E-state index contributed by atoms with van der Waals surface area (Å²) < 4.78 is 11.4. The van der Waals surface area contributed by atoms with Crippen molar-refractivity contribution in [3.8, 4) is 11.8 Å². The van der Waals surface area contributed by atoms with Gasteiger partial charge in [-0.15, -0.1) is 0 Å². The Labute approximate surface area is 163 Å². The van der Waals surface area contributed by atoms with Gasteiger partial charge in [-0.25, -0.2) is 5.43 Å². The summed E-state index contributed by atoms with van der Waals surface area (Å²) in [5.74, 6) is 0.737. The molecule has 0 radical (unpaired) electrons. The van der Waals surface area contributed by atoms with E-state index in [9.17, 15) is 4.79 Å². The highest BCUT2D eigenvalue weighted by Crippen LogP contribution is 2.25. The molecule has 7 nitrogen and oxygen atoms in total. The first-order chi connectivity index (χ1) is 13.7. The number of carbonyl (C=O) groups is 1. The molecule has 0 bridgehead atoms. The predicted octanol–water partition coefficient (Wildman–Crippen LogP) is 1.63. The smallest absolute Gasteiger partial charge is 0.254 e. The van der Waals surface area contributed by atoms with Crippen molar-refractivity contribution in [3.63, 3.8) is 0 Å². The van der Waals surface area contributed by atoms with E-state index in [1.54, 1.807) is 24.3 Å². The minimum Gasteiger partial charge on any atom is -0.487 e. The van der Waals surface area contributed by atoms with E-state index in [1.165, 1.54) is 0 Å². The molecule has 0 spiro atoms. The van der Waals surface area contributed by atoms with Crippen molar-refractivity contribution < 1.29 is 14.3 Å². The molecule has 2 aliphatic rings. The van der Waals surface area contributed by atoms with Crippen LogP contribution in [0.5, 0.6) is 5.75 Å². The van der Waals surface area contributed by atoms with E-state index in [1.807, 2.05) is 29.2 Å². The third-order valence-electron chi connectivity index (χ3n) is 4.99. The van der Waals surface area contributed by atoms with Crippen LogP contribution in [-0.4, -0.2) is 49.8 Å². The standard InChI is InChI=1S/C21H22N4O3/c22-13-15-4-6-18(7-5-15)28-19-14-23-24-20(19)16-2-1-3-17(12-16)21(26)25-8-10-27-11-9-25/h1-7,12,19-20,23-24H,8-11,14H2. The van der Waals surface area contributed by atoms with Crippen LogP contribution in [0.15, 0.2) is 48.5 Å². The zero-order chi connectivity index (χ0) is 19.3. The average molecular weight is 378 g/mol. The van der Waals surface area contributed by atoms with Gasteiger partial charge in [-0.1, -0.05) is 12.1 Å². The first-order valence-electron chi connectivity index (χ1n) is 9.37. The van der Waals surface area contributed by atoms with Gasteiger partial charge in [-0.05, 0) is 42.0 Å². The molecule has 144 valence electrons. The normalized spacial score (nSPS) is 21.9. The van der Waals surface area contributed by atoms with E-state index < -0.39 is 0 Å². The summed E-state index contributed by atoms with van der Waals surface area (Å²) in [6, 6.07) is 16.8. The van der Waals surface area contributed by atoms with Gasteiger partial charge >= 0.3 is 0 Å². The summed E-state index contributed by atoms with van der Waals surface area (Å²) in [4.78, 5) is 14.6. The number of hydrogen-bond acceptors (Lipinski definition) is 6. The Morgan fingerprint density at radius 1 is 1.18 bits per heavy atom. The van der Waals surface area contributed by atoms with E-state index >= 15 is 0 Å². The van der Waals surface area contributed by atoms with Gasteiger partial charge in [0, 0.05) is 25.2 Å². The van der Waals surface area contributed by atoms with Crippen molar-refractivity contribution in [3.05, 3.63) is 65.2 Å². The van der Waals surface area contributed by atoms with Crippen LogP contribution >= 0.6 is 0 Å². The number of nitrogens with zero attached hydrogens (tertiary/aromatic N) is 2. The van der Waals surface area contributed by atoms with E-state index in [0.717, 1.165) is 5.56 Å². The molecule has 2 aliphatic heterocycles. The molecule has 7 heteroatoms. The second kappa shape index (κ2) is 8.40. The number of ether oxygens (including phenoxy) is 2. The maximum atomic E-state index is 12.8. The fourth-order valence-electron chi connectivity index (χ4n) is 3.48. The van der Waals surface area contributed by atoms with Crippen LogP contribution in [0.25, 0.3) is 0 Å². The Kier molecular flexibility index (Phi) is 5.53. The Bertz CT molecular complexity index is 872. The van der Waals surface area contributed by atoms with Crippen molar-refractivity contribution in [2.45, 2.75) is 12.1 Å². The number of hydrazine groups is 1. The number of morpholine rings is 1. The van der Waals surface area contributed by atoms with Gasteiger partial charge in [0.25, 0.3) is 5.91 Å². The van der Waals surface area contributed by atoms with E-state index in [2.05, 4.69) is 16.9 Å². The van der Waals surface area contributed by atoms with Crippen molar-refractivity contribution in [1.29, 1.82) is 5.26 Å². The number of rotatable bonds is 4. The second-order valence-electron chi connectivity index (χ2n) is 6.83. The predicted molar refractivity (Wildman–Crippen MR) is 103 cm³/mol. The minimum atomic E-state index is -0.137. The Morgan fingerprint density at radius 3 is 2.71 bits per heavy atom. The van der Waals surface area contributed by atoms with Crippen molar-refractivity contribution >= 4 is 5.91 Å². The van der Waals surface area contributed by atoms with Gasteiger partial charge in [0.1, 0.15) is 11.9 Å². The van der Waals surface area contributed by atoms with Crippen LogP contribution < -0.4 is 15.6 Å². The van der Waals surface area contributed by atoms with Crippen LogP contribution in [0.4, 0.5) is 0 Å². The summed E-state index contributed by atoms with van der Waals surface area (Å²) in [6.45, 7) is 3.04. The van der Waals surface area contributed by atoms with Gasteiger partial charge in [-0.3, -0.25) is 10.2 Å². The molecule has 2 aromatic carbocycles. The Morgan fingerprint density at radius 2 is 1.96 bits per heavy atom. The lowest BCUT2D eigenvalue weighted by Gasteiger charge is -2.27. The molecular formula is C21H22N4O3. The lowest BCUT2D eigenvalue weighted by Crippen LogP contribution is -2.40. The quantitative estimate of drug-likeness (QED) is 0.841. The zero-order valence-corrected chi connectivity index (χ0v) is 15.4. The SMILES string of the molecule is N#Cc1ccc(OC2CNNC2c2cccc(C(=O)N3CCOCC3)c2)cc1. The largest absolute Gasteiger partial charge is 0.487 e. The molecule has 2 aromatic rings. The molecule has 2 fully saturated rings. The third-order valence-corrected chi connectivity index (χ3v) is 4.99. The van der Waals surface area contributed by atoms with Crippen LogP contribution in [0.1, 0.15) is 27.5 Å². The van der Waals surface area contributed by atoms with Gasteiger partial charge in [0.05, 0.1) is 30.9 Å². The Balaban J connectivity index is 1.49. The van der Waals surface area contributed by atoms with Crippen LogP contribution in [0.3, 0.4) is 0 Å². The molecule has 2 heterocycles. The Hall–Kier alpha value is -2.92. The number of amides is 1. The summed E-state index contributed by atoms with van der Waals surface area (Å²) in [7, 11) is 0. The lowest BCUT2D eigenvalue weighted by molar-refractivity contribution is 0.0302. The highest BCUT2D eigenvalue weighted by Gasteiger charge is 2.31. The zero-order valence-electron chi connectivity index (χ0n) is 15.4. The van der Waals surface area contributed by atoms with E-state index in [0.29, 0.717) is 49.7 Å². The van der Waals surface area contributed by atoms with E-state index in [4.69, 9.17) is 14.7 Å². The molecule has 0 saturated carbocycles. The number of carbonyl (C=O) groups excluding carboxylic acids is 1. The highest BCUT2D eigenvalue weighted by atomic mass is 16.5. The molecule has 2 saturated heterocycles. The highest BCUT2D eigenvalue weighted by molar-refractivity contribution is 5.94. The van der Waals surface area contributed by atoms with Crippen LogP contribution in [0.2, 0.25) is 0 Å². The van der Waals surface area contributed by atoms with Gasteiger partial charge < -0.3 is 14.4 Å². The van der Waals surface area contributed by atoms with Gasteiger partial charge in [0.2, 0.25) is 0 Å². The first-order valence-corrected chi connectivity index (χ1v) is 9.37. The molecule has 1 amide bonds. The van der Waals surface area contributed by atoms with Crippen LogP contribution in [-0.2, 0) is 4.74 Å². The van der Waals surface area contributed by atoms with E-state index in [-0.39, 0.29) is 18.1 Å². The molecular weight excluding hydrogens is 356 g/mol. The summed E-state index contributed by atoms with van der Waals surface area (Å²) in [6.07, 6.45) is -0.137. The maximum absolute atomic E-state index is 12.8. The number of nitrogens with one attached hydrogen (secondary N) is 2. The summed E-state index contributed by atoms with van der Waals surface area (Å²) in [5.41, 5.74) is 8.63. The monoisotopic (exact) mass is 378 g/mol. The fourth-order valence-corrected chi connectivity index (χ4v) is 3.48. The third kappa shape index (κ3) is 3.99. The summed E-state index contributed by atoms with van der Waals surface area (Å²) in [5, 5.41) is 8.92. The molecule has 0 aromatic heterocycles. The molecule has 2 N–H and O–H groups in total. The van der Waals surface area contributed by atoms with Gasteiger partial charge in [0.15, 0.2) is 0 Å².